The summed E-state index contributed by atoms with van der Waals surface area (Å²) in [5, 5.41) is 0. The number of nitrogens with zero attached hydrogens (tertiary/aromatic N) is 1. The van der Waals surface area contributed by atoms with E-state index >= 15 is 0 Å². The molecule has 68 valence electrons. The van der Waals surface area contributed by atoms with Crippen LogP contribution in [0, 0.1) is 0 Å². The molecule has 1 aliphatic heterocycles. The van der Waals surface area contributed by atoms with Gasteiger partial charge < -0.3 is 10.6 Å². The van der Waals surface area contributed by atoms with E-state index in [1.54, 1.807) is 4.90 Å². The van der Waals surface area contributed by atoms with Gasteiger partial charge in [0, 0.05) is 17.9 Å². The number of hydrogen-bond donors (Lipinski definition) is 1. The summed E-state index contributed by atoms with van der Waals surface area (Å²) >= 11 is 0. The van der Waals surface area contributed by atoms with Gasteiger partial charge in [0.2, 0.25) is 5.91 Å². The van der Waals surface area contributed by atoms with Crippen molar-refractivity contribution in [2.24, 2.45) is 0 Å². The third-order valence-electron chi connectivity index (χ3n) is 2.36. The van der Waals surface area contributed by atoms with Crippen LogP contribution >= 0.6 is 0 Å². The number of rotatable bonds is 1. The van der Waals surface area contributed by atoms with E-state index in [-0.39, 0.29) is 5.91 Å². The first-order valence-corrected chi connectivity index (χ1v) is 4.41. The number of carbonyl (C=O) groups excluding carboxylic acids is 1. The monoisotopic (exact) mass is 176 g/mol. The van der Waals surface area contributed by atoms with Gasteiger partial charge in [0.05, 0.1) is 6.42 Å². The predicted octanol–water partition coefficient (Wildman–Crippen LogP) is 1.18. The van der Waals surface area contributed by atoms with Crippen LogP contribution < -0.4 is 10.6 Å². The maximum atomic E-state index is 11.5. The zero-order chi connectivity index (χ0) is 9.42. The molecule has 0 spiro atoms. The third kappa shape index (κ3) is 1.16. The highest BCUT2D eigenvalue weighted by Gasteiger charge is 2.25. The fourth-order valence-corrected chi connectivity index (χ4v) is 1.72. The van der Waals surface area contributed by atoms with Crippen LogP contribution in [0.3, 0.4) is 0 Å². The summed E-state index contributed by atoms with van der Waals surface area (Å²) in [7, 11) is 0. The van der Waals surface area contributed by atoms with Gasteiger partial charge >= 0.3 is 0 Å². The van der Waals surface area contributed by atoms with Crippen molar-refractivity contribution in [1.82, 2.24) is 0 Å². The summed E-state index contributed by atoms with van der Waals surface area (Å²) in [4.78, 5) is 13.2. The summed E-state index contributed by atoms with van der Waals surface area (Å²) in [6, 6.07) is 5.63. The van der Waals surface area contributed by atoms with Gasteiger partial charge in [0.25, 0.3) is 0 Å². The fourth-order valence-electron chi connectivity index (χ4n) is 1.72. The molecule has 0 aliphatic carbocycles. The minimum absolute atomic E-state index is 0.170. The summed E-state index contributed by atoms with van der Waals surface area (Å²) in [6.07, 6.45) is 0.517. The van der Waals surface area contributed by atoms with Gasteiger partial charge in [-0.25, -0.2) is 0 Å². The van der Waals surface area contributed by atoms with Crippen LogP contribution in [0.1, 0.15) is 12.5 Å². The molecule has 1 heterocycles. The lowest BCUT2D eigenvalue weighted by molar-refractivity contribution is -0.117. The van der Waals surface area contributed by atoms with Crippen LogP contribution in [0.4, 0.5) is 11.4 Å². The van der Waals surface area contributed by atoms with Crippen LogP contribution in [0.2, 0.25) is 0 Å². The molecule has 0 saturated carbocycles. The second kappa shape index (κ2) is 2.76. The highest BCUT2D eigenvalue weighted by molar-refractivity contribution is 6.01. The lowest BCUT2D eigenvalue weighted by Gasteiger charge is -2.14. The quantitative estimate of drug-likeness (QED) is 0.653. The summed E-state index contributed by atoms with van der Waals surface area (Å²) in [5.41, 5.74) is 8.43. The van der Waals surface area contributed by atoms with E-state index in [0.717, 1.165) is 17.8 Å². The summed E-state index contributed by atoms with van der Waals surface area (Å²) in [5.74, 6) is 0.170. The van der Waals surface area contributed by atoms with Crippen molar-refractivity contribution in [3.63, 3.8) is 0 Å². The van der Waals surface area contributed by atoms with Gasteiger partial charge in [-0.15, -0.1) is 0 Å². The zero-order valence-electron chi connectivity index (χ0n) is 7.58. The zero-order valence-corrected chi connectivity index (χ0v) is 7.58. The molecule has 0 atom stereocenters. The van der Waals surface area contributed by atoms with Gasteiger partial charge in [-0.05, 0) is 24.6 Å². The molecule has 0 saturated heterocycles. The Hall–Kier alpha value is -1.51. The highest BCUT2D eigenvalue weighted by Crippen LogP contribution is 2.30. The number of carbonyl (C=O) groups is 1. The smallest absolute Gasteiger partial charge is 0.231 e. The van der Waals surface area contributed by atoms with Crippen LogP contribution in [0.15, 0.2) is 18.2 Å². The first-order chi connectivity index (χ1) is 6.22. The second-order valence-corrected chi connectivity index (χ2v) is 3.20. The molecular formula is C10H12N2O. The van der Waals surface area contributed by atoms with Crippen LogP contribution in [0.5, 0.6) is 0 Å². The first-order valence-electron chi connectivity index (χ1n) is 4.41. The number of hydrogen-bond acceptors (Lipinski definition) is 2. The number of nitrogen functional groups attached to an aromatic ring is 1. The van der Waals surface area contributed by atoms with Crippen molar-refractivity contribution in [3.05, 3.63) is 23.8 Å². The molecule has 0 fully saturated rings. The van der Waals surface area contributed by atoms with Gasteiger partial charge in [-0.3, -0.25) is 4.79 Å². The van der Waals surface area contributed by atoms with E-state index in [1.165, 1.54) is 0 Å². The molecule has 0 unspecified atom stereocenters. The maximum absolute atomic E-state index is 11.5. The average Bonchev–Trinajstić information content (AvgIpc) is 2.40. The number of benzene rings is 1. The minimum atomic E-state index is 0.170. The van der Waals surface area contributed by atoms with Gasteiger partial charge in [0.15, 0.2) is 0 Å². The third-order valence-corrected chi connectivity index (χ3v) is 2.36. The van der Waals surface area contributed by atoms with Crippen LogP contribution in [0.25, 0.3) is 0 Å². The van der Waals surface area contributed by atoms with Crippen molar-refractivity contribution in [2.75, 3.05) is 17.2 Å². The number of likely N-dealkylation sites (N-methyl/N-ethyl adjacent to an activating group) is 1. The summed E-state index contributed by atoms with van der Waals surface area (Å²) < 4.78 is 0. The van der Waals surface area contributed by atoms with Gasteiger partial charge in [0.1, 0.15) is 0 Å². The Morgan fingerprint density at radius 1 is 1.54 bits per heavy atom. The molecule has 3 nitrogen and oxygen atoms in total. The molecule has 0 radical (unpaired) electrons. The SMILES string of the molecule is CCN1C(=O)Cc2ccc(N)cc21. The molecule has 1 aromatic carbocycles. The molecule has 0 bridgehead atoms. The van der Waals surface area contributed by atoms with E-state index in [4.69, 9.17) is 5.73 Å². The van der Waals surface area contributed by atoms with E-state index in [1.807, 2.05) is 25.1 Å². The largest absolute Gasteiger partial charge is 0.399 e. The van der Waals surface area contributed by atoms with Crippen molar-refractivity contribution in [3.8, 4) is 0 Å². The predicted molar refractivity (Wildman–Crippen MR) is 52.6 cm³/mol. The Labute approximate surface area is 77.1 Å². The van der Waals surface area contributed by atoms with Crippen molar-refractivity contribution in [1.29, 1.82) is 0 Å². The van der Waals surface area contributed by atoms with E-state index in [2.05, 4.69) is 0 Å². The molecule has 3 heteroatoms. The second-order valence-electron chi connectivity index (χ2n) is 3.20. The van der Waals surface area contributed by atoms with E-state index in [9.17, 15) is 4.79 Å². The Morgan fingerprint density at radius 3 is 3.00 bits per heavy atom. The molecule has 1 amide bonds. The topological polar surface area (TPSA) is 46.3 Å². The molecule has 1 aliphatic rings. The van der Waals surface area contributed by atoms with Crippen LogP contribution in [-0.2, 0) is 11.2 Å². The van der Waals surface area contributed by atoms with Gasteiger partial charge in [-0.1, -0.05) is 6.07 Å². The molecule has 1 aromatic rings. The lowest BCUT2D eigenvalue weighted by Crippen LogP contribution is -2.25. The molecule has 2 N–H and O–H groups in total. The van der Waals surface area contributed by atoms with E-state index < -0.39 is 0 Å². The molecule has 2 rings (SSSR count). The minimum Gasteiger partial charge on any atom is -0.399 e. The van der Waals surface area contributed by atoms with Gasteiger partial charge in [-0.2, -0.15) is 0 Å². The Balaban J connectivity index is 2.50. The van der Waals surface area contributed by atoms with Crippen molar-refractivity contribution in [2.45, 2.75) is 13.3 Å². The molecule has 13 heavy (non-hydrogen) atoms. The van der Waals surface area contributed by atoms with Crippen molar-refractivity contribution >= 4 is 17.3 Å². The number of nitrogens with two attached hydrogens (primary N) is 1. The summed E-state index contributed by atoms with van der Waals surface area (Å²) in [6.45, 7) is 2.69. The van der Waals surface area contributed by atoms with Crippen LogP contribution in [-0.4, -0.2) is 12.5 Å². The number of amides is 1. The Morgan fingerprint density at radius 2 is 2.31 bits per heavy atom. The fraction of sp³-hybridized carbons (Fsp3) is 0.300. The first kappa shape index (κ1) is 8.10. The average molecular weight is 176 g/mol. The molecule has 0 aromatic heterocycles. The standard InChI is InChI=1S/C10H12N2O/c1-2-12-9-6-8(11)4-3-7(9)5-10(12)13/h3-4,6H,2,5,11H2,1H3. The normalized spacial score (nSPS) is 14.8. The van der Waals surface area contributed by atoms with E-state index in [0.29, 0.717) is 12.1 Å². The Kier molecular flexibility index (Phi) is 1.72. The Bertz CT molecular complexity index is 360. The maximum Gasteiger partial charge on any atom is 0.231 e. The van der Waals surface area contributed by atoms with Crippen molar-refractivity contribution < 1.29 is 4.79 Å². The lowest BCUT2D eigenvalue weighted by atomic mass is 10.1. The number of anilines is 2. The highest BCUT2D eigenvalue weighted by atomic mass is 16.2. The molecular weight excluding hydrogens is 164 g/mol. The number of fused-ring (bicyclic) bond motifs is 1.